The third kappa shape index (κ3) is 5.83. The maximum absolute atomic E-state index is 12.4. The van der Waals surface area contributed by atoms with Gasteiger partial charge in [-0.15, -0.1) is 0 Å². The largest absolute Gasteiger partial charge is 0.488 e. The van der Waals surface area contributed by atoms with Crippen LogP contribution in [0, 0.1) is 13.7 Å². The number of non-ortho nitro benzene ring substituents is 1. The number of fused-ring (bicyclic) bond motifs is 1. The quantitative estimate of drug-likeness (QED) is 0.0988. The number of nitrogens with one attached hydrogen (secondary N) is 1. The summed E-state index contributed by atoms with van der Waals surface area (Å²) in [5, 5.41) is 15.6. The first-order valence-electron chi connectivity index (χ1n) is 9.68. The summed E-state index contributed by atoms with van der Waals surface area (Å²) in [4.78, 5) is 22.7. The zero-order chi connectivity index (χ0) is 24.2. The van der Waals surface area contributed by atoms with Gasteiger partial charge in [0, 0.05) is 22.0 Å². The summed E-state index contributed by atoms with van der Waals surface area (Å²) in [5.74, 6) is 0.309. The number of halogens is 3. The molecule has 0 radical (unpaired) electrons. The zero-order valence-electron chi connectivity index (χ0n) is 17.1. The number of hydrogen-bond donors (Lipinski definition) is 1. The highest BCUT2D eigenvalue weighted by Gasteiger charge is 2.14. The summed E-state index contributed by atoms with van der Waals surface area (Å²) in [5.41, 5.74) is 4.68. The number of hydrazone groups is 1. The van der Waals surface area contributed by atoms with Gasteiger partial charge >= 0.3 is 5.91 Å². The van der Waals surface area contributed by atoms with Crippen molar-refractivity contribution in [3.63, 3.8) is 0 Å². The first-order chi connectivity index (χ1) is 16.3. The fraction of sp³-hybridized carbons (Fsp3) is 0.0435. The Kier molecular flexibility index (Phi) is 7.63. The minimum absolute atomic E-state index is 0.0313. The van der Waals surface area contributed by atoms with Gasteiger partial charge in [0.25, 0.3) is 5.69 Å². The van der Waals surface area contributed by atoms with E-state index in [0.717, 1.165) is 24.6 Å². The molecule has 0 bridgehead atoms. The number of nitrogens with zero attached hydrogens (tertiary/aromatic N) is 2. The van der Waals surface area contributed by atoms with E-state index < -0.39 is 10.8 Å². The van der Waals surface area contributed by atoms with Crippen molar-refractivity contribution >= 4 is 83.2 Å². The SMILES string of the molecule is O=C(N/N=C\c1ccc(OCc2ccc([N+](=O)[O-])cc2)c(Br)c1)c1cc2cc(Br)cc(I)c2o1. The molecule has 0 aliphatic heterocycles. The van der Waals surface area contributed by atoms with Crippen molar-refractivity contribution in [1.29, 1.82) is 0 Å². The molecule has 172 valence electrons. The van der Waals surface area contributed by atoms with E-state index in [1.807, 2.05) is 12.1 Å². The van der Waals surface area contributed by atoms with E-state index in [2.05, 4.69) is 65.0 Å². The molecular weight excluding hydrogens is 685 g/mol. The number of carbonyl (C=O) groups excluding carboxylic acids is 1. The lowest BCUT2D eigenvalue weighted by Crippen LogP contribution is -2.16. The van der Waals surface area contributed by atoms with Crippen molar-refractivity contribution in [2.45, 2.75) is 6.61 Å². The van der Waals surface area contributed by atoms with Gasteiger partial charge in [0.2, 0.25) is 0 Å². The Bertz CT molecular complexity index is 1420. The second kappa shape index (κ2) is 10.7. The molecule has 3 aromatic carbocycles. The van der Waals surface area contributed by atoms with Crippen molar-refractivity contribution in [3.05, 3.63) is 100 Å². The van der Waals surface area contributed by atoms with Gasteiger partial charge in [0.05, 0.1) is 19.2 Å². The Hall–Kier alpha value is -2.77. The lowest BCUT2D eigenvalue weighted by atomic mass is 10.2. The molecule has 0 aliphatic carbocycles. The Morgan fingerprint density at radius 1 is 1.15 bits per heavy atom. The zero-order valence-corrected chi connectivity index (χ0v) is 22.5. The molecule has 0 saturated heterocycles. The van der Waals surface area contributed by atoms with Gasteiger partial charge in [-0.2, -0.15) is 5.10 Å². The number of carbonyl (C=O) groups is 1. The Morgan fingerprint density at radius 2 is 1.91 bits per heavy atom. The predicted molar refractivity (Wildman–Crippen MR) is 143 cm³/mol. The molecule has 8 nitrogen and oxygen atoms in total. The second-order valence-electron chi connectivity index (χ2n) is 7.02. The topological polar surface area (TPSA) is 107 Å². The van der Waals surface area contributed by atoms with Crippen molar-refractivity contribution in [2.75, 3.05) is 0 Å². The van der Waals surface area contributed by atoms with Gasteiger partial charge < -0.3 is 9.15 Å². The fourth-order valence-corrected chi connectivity index (χ4v) is 5.17. The van der Waals surface area contributed by atoms with Crippen LogP contribution in [0.3, 0.4) is 0 Å². The second-order valence-corrected chi connectivity index (χ2v) is 9.95. The van der Waals surface area contributed by atoms with Gasteiger partial charge in [0.15, 0.2) is 5.76 Å². The summed E-state index contributed by atoms with van der Waals surface area (Å²) >= 11 is 9.04. The molecule has 1 heterocycles. The molecule has 0 aliphatic rings. The van der Waals surface area contributed by atoms with E-state index in [-0.39, 0.29) is 18.1 Å². The summed E-state index contributed by atoms with van der Waals surface area (Å²) in [7, 11) is 0. The molecule has 4 rings (SSSR count). The van der Waals surface area contributed by atoms with Crippen LogP contribution in [0.25, 0.3) is 11.0 Å². The summed E-state index contributed by atoms with van der Waals surface area (Å²) in [6, 6.07) is 17.0. The average molecular weight is 699 g/mol. The molecular formula is C23H14Br2IN3O5. The molecule has 0 spiro atoms. The van der Waals surface area contributed by atoms with Gasteiger partial charge in [-0.3, -0.25) is 14.9 Å². The third-order valence-corrected chi connectivity index (χ3v) is 6.52. The van der Waals surface area contributed by atoms with Crippen LogP contribution < -0.4 is 10.2 Å². The van der Waals surface area contributed by atoms with Crippen LogP contribution in [-0.2, 0) is 6.61 Å². The first kappa shape index (κ1) is 24.4. The highest BCUT2D eigenvalue weighted by atomic mass is 127. The third-order valence-electron chi connectivity index (χ3n) is 4.64. The molecule has 0 saturated carbocycles. The number of benzene rings is 3. The molecule has 1 aromatic heterocycles. The fourth-order valence-electron chi connectivity index (χ4n) is 3.00. The van der Waals surface area contributed by atoms with Gasteiger partial charge in [-0.05, 0) is 98.2 Å². The van der Waals surface area contributed by atoms with E-state index >= 15 is 0 Å². The minimum atomic E-state index is -0.457. The molecule has 1 N–H and O–H groups in total. The monoisotopic (exact) mass is 697 g/mol. The van der Waals surface area contributed by atoms with E-state index in [1.54, 1.807) is 36.4 Å². The Labute approximate surface area is 223 Å². The van der Waals surface area contributed by atoms with Crippen LogP contribution in [0.2, 0.25) is 0 Å². The Morgan fingerprint density at radius 3 is 2.62 bits per heavy atom. The maximum atomic E-state index is 12.4. The summed E-state index contributed by atoms with van der Waals surface area (Å²) in [6.07, 6.45) is 1.51. The van der Waals surface area contributed by atoms with Gasteiger partial charge in [-0.25, -0.2) is 5.43 Å². The minimum Gasteiger partial charge on any atom is -0.488 e. The number of hydrogen-bond acceptors (Lipinski definition) is 6. The normalized spacial score (nSPS) is 11.1. The van der Waals surface area contributed by atoms with Gasteiger partial charge in [0.1, 0.15) is 17.9 Å². The number of rotatable bonds is 7. The molecule has 4 aromatic rings. The number of nitro groups is 1. The molecule has 0 unspecified atom stereocenters. The van der Waals surface area contributed by atoms with Crippen molar-refractivity contribution in [1.82, 2.24) is 5.43 Å². The first-order valence-corrected chi connectivity index (χ1v) is 12.3. The average Bonchev–Trinajstić information content (AvgIpc) is 3.23. The molecule has 34 heavy (non-hydrogen) atoms. The number of furan rings is 1. The summed E-state index contributed by atoms with van der Waals surface area (Å²) in [6.45, 7) is 0.257. The van der Waals surface area contributed by atoms with Crippen molar-refractivity contribution < 1.29 is 18.9 Å². The van der Waals surface area contributed by atoms with E-state index in [0.29, 0.717) is 15.8 Å². The molecule has 1 amide bonds. The van der Waals surface area contributed by atoms with Crippen molar-refractivity contribution in [3.8, 4) is 5.75 Å². The van der Waals surface area contributed by atoms with Gasteiger partial charge in [-0.1, -0.05) is 15.9 Å². The number of amides is 1. The molecule has 0 fully saturated rings. The van der Waals surface area contributed by atoms with E-state index in [1.165, 1.54) is 18.3 Å². The van der Waals surface area contributed by atoms with Crippen LogP contribution in [0.1, 0.15) is 21.7 Å². The lowest BCUT2D eigenvalue weighted by Gasteiger charge is -2.09. The molecule has 0 atom stereocenters. The number of ether oxygens (including phenoxy) is 1. The Balaban J connectivity index is 1.36. The summed E-state index contributed by atoms with van der Waals surface area (Å²) < 4.78 is 13.9. The lowest BCUT2D eigenvalue weighted by molar-refractivity contribution is -0.384. The standard InChI is InChI=1S/C23H14Br2IN3O5/c24-16-8-15-9-21(34-22(15)19(26)10-16)23(30)28-27-11-14-3-6-20(18(25)7-14)33-12-13-1-4-17(5-2-13)29(31)32/h1-11H,12H2,(H,28,30)/b27-11-. The van der Waals surface area contributed by atoms with E-state index in [4.69, 9.17) is 9.15 Å². The molecule has 11 heteroatoms. The van der Waals surface area contributed by atoms with Crippen LogP contribution in [0.4, 0.5) is 5.69 Å². The van der Waals surface area contributed by atoms with Crippen LogP contribution in [0.5, 0.6) is 5.75 Å². The van der Waals surface area contributed by atoms with Crippen LogP contribution in [0.15, 0.2) is 79.1 Å². The highest BCUT2D eigenvalue weighted by Crippen LogP contribution is 2.29. The van der Waals surface area contributed by atoms with Crippen LogP contribution >= 0.6 is 54.5 Å². The number of nitro benzene ring substituents is 1. The van der Waals surface area contributed by atoms with Crippen LogP contribution in [-0.4, -0.2) is 17.0 Å². The highest BCUT2D eigenvalue weighted by molar-refractivity contribution is 14.1. The maximum Gasteiger partial charge on any atom is 0.307 e. The van der Waals surface area contributed by atoms with Crippen molar-refractivity contribution in [2.24, 2.45) is 5.10 Å². The predicted octanol–water partition coefficient (Wildman–Crippen LogP) is 6.81. The smallest absolute Gasteiger partial charge is 0.307 e. The van der Waals surface area contributed by atoms with E-state index in [9.17, 15) is 14.9 Å².